The molecular weight excluding hydrogens is 186 g/mol. The summed E-state index contributed by atoms with van der Waals surface area (Å²) in [6.07, 6.45) is 0. The predicted octanol–water partition coefficient (Wildman–Crippen LogP) is 0.413. The van der Waals surface area contributed by atoms with Gasteiger partial charge in [-0.2, -0.15) is 4.98 Å². The lowest BCUT2D eigenvalue weighted by Crippen LogP contribution is -2.23. The number of carbonyl (C=O) groups is 1. The minimum Gasteiger partial charge on any atom is -0.377 e. The van der Waals surface area contributed by atoms with Crippen LogP contribution in [-0.2, 0) is 16.1 Å². The van der Waals surface area contributed by atoms with Crippen molar-refractivity contribution in [2.45, 2.75) is 26.5 Å². The van der Waals surface area contributed by atoms with Crippen molar-refractivity contribution in [3.63, 3.8) is 0 Å². The van der Waals surface area contributed by atoms with Crippen molar-refractivity contribution in [1.82, 2.24) is 15.5 Å². The lowest BCUT2D eigenvalue weighted by Gasteiger charge is -2.05. The topological polar surface area (TPSA) is 77.3 Å². The molecule has 0 saturated carbocycles. The van der Waals surface area contributed by atoms with Crippen molar-refractivity contribution in [2.24, 2.45) is 0 Å². The molecule has 1 aromatic heterocycles. The summed E-state index contributed by atoms with van der Waals surface area (Å²) >= 11 is 0. The lowest BCUT2D eigenvalue weighted by atomic mass is 10.3. The van der Waals surface area contributed by atoms with Gasteiger partial charge in [-0.15, -0.1) is 0 Å². The summed E-state index contributed by atoms with van der Waals surface area (Å²) in [5.41, 5.74) is 0. The molecule has 1 aromatic rings. The van der Waals surface area contributed by atoms with E-state index in [-0.39, 0.29) is 11.9 Å². The first-order chi connectivity index (χ1) is 6.63. The smallest absolute Gasteiger partial charge is 0.249 e. The molecule has 0 aliphatic carbocycles. The number of carbonyl (C=O) groups excluding carboxylic acids is 1. The van der Waals surface area contributed by atoms with Crippen molar-refractivity contribution in [1.29, 1.82) is 0 Å². The van der Waals surface area contributed by atoms with Gasteiger partial charge in [0.1, 0.15) is 12.6 Å². The highest BCUT2D eigenvalue weighted by atomic mass is 16.5. The van der Waals surface area contributed by atoms with Gasteiger partial charge in [0.2, 0.25) is 11.8 Å². The summed E-state index contributed by atoms with van der Waals surface area (Å²) in [6, 6.07) is -0.273. The van der Waals surface area contributed by atoms with Gasteiger partial charge in [-0.3, -0.25) is 4.79 Å². The largest absolute Gasteiger partial charge is 0.377 e. The SMILES string of the molecule is COCc1noc(C(C)NC(C)=O)n1. The van der Waals surface area contributed by atoms with Crippen molar-refractivity contribution < 1.29 is 14.1 Å². The second-order valence-corrected chi connectivity index (χ2v) is 2.90. The highest BCUT2D eigenvalue weighted by molar-refractivity contribution is 5.73. The fourth-order valence-corrected chi connectivity index (χ4v) is 0.998. The molecule has 1 N–H and O–H groups in total. The van der Waals surface area contributed by atoms with Gasteiger partial charge in [0, 0.05) is 14.0 Å². The summed E-state index contributed by atoms with van der Waals surface area (Å²) in [4.78, 5) is 14.8. The number of hydrogen-bond donors (Lipinski definition) is 1. The molecule has 1 unspecified atom stereocenters. The summed E-state index contributed by atoms with van der Waals surface area (Å²) in [5, 5.41) is 6.31. The molecule has 6 nitrogen and oxygen atoms in total. The van der Waals surface area contributed by atoms with Crippen molar-refractivity contribution >= 4 is 5.91 Å². The summed E-state index contributed by atoms with van der Waals surface area (Å²) < 4.78 is 9.75. The molecule has 1 amide bonds. The van der Waals surface area contributed by atoms with Crippen LogP contribution in [0.25, 0.3) is 0 Å². The van der Waals surface area contributed by atoms with E-state index < -0.39 is 0 Å². The predicted molar refractivity (Wildman–Crippen MR) is 47.2 cm³/mol. The van der Waals surface area contributed by atoms with Crippen LogP contribution in [0.3, 0.4) is 0 Å². The zero-order valence-electron chi connectivity index (χ0n) is 8.40. The molecule has 0 aliphatic rings. The fraction of sp³-hybridized carbons (Fsp3) is 0.625. The Morgan fingerprint density at radius 2 is 2.43 bits per heavy atom. The number of methoxy groups -OCH3 is 1. The van der Waals surface area contributed by atoms with Gasteiger partial charge >= 0.3 is 0 Å². The summed E-state index contributed by atoms with van der Waals surface area (Å²) in [5.74, 6) is 0.718. The number of nitrogens with zero attached hydrogens (tertiary/aromatic N) is 2. The number of rotatable bonds is 4. The van der Waals surface area contributed by atoms with Crippen LogP contribution in [0.1, 0.15) is 31.6 Å². The highest BCUT2D eigenvalue weighted by Gasteiger charge is 2.14. The number of aromatic nitrogens is 2. The molecule has 0 radical (unpaired) electrons. The van der Waals surface area contributed by atoms with E-state index in [0.29, 0.717) is 18.3 Å². The average molecular weight is 199 g/mol. The van der Waals surface area contributed by atoms with Crippen LogP contribution in [0.2, 0.25) is 0 Å². The maximum Gasteiger partial charge on any atom is 0.249 e. The minimum absolute atomic E-state index is 0.135. The monoisotopic (exact) mass is 199 g/mol. The second kappa shape index (κ2) is 4.71. The van der Waals surface area contributed by atoms with E-state index in [9.17, 15) is 4.79 Å². The fourth-order valence-electron chi connectivity index (χ4n) is 0.998. The lowest BCUT2D eigenvalue weighted by molar-refractivity contribution is -0.119. The van der Waals surface area contributed by atoms with Crippen LogP contribution in [0.4, 0.5) is 0 Å². The van der Waals surface area contributed by atoms with Gasteiger partial charge in [-0.05, 0) is 6.92 Å². The third-order valence-corrected chi connectivity index (χ3v) is 1.55. The van der Waals surface area contributed by atoms with Gasteiger partial charge in [-0.1, -0.05) is 5.16 Å². The van der Waals surface area contributed by atoms with Crippen molar-refractivity contribution in [3.8, 4) is 0 Å². The average Bonchev–Trinajstić information content (AvgIpc) is 2.52. The van der Waals surface area contributed by atoms with Gasteiger partial charge in [-0.25, -0.2) is 0 Å². The van der Waals surface area contributed by atoms with E-state index in [2.05, 4.69) is 15.5 Å². The molecule has 78 valence electrons. The Morgan fingerprint density at radius 3 is 3.00 bits per heavy atom. The van der Waals surface area contributed by atoms with Crippen LogP contribution in [0.15, 0.2) is 4.52 Å². The Hall–Kier alpha value is -1.43. The maximum atomic E-state index is 10.7. The first kappa shape index (κ1) is 10.6. The molecule has 0 bridgehead atoms. The van der Waals surface area contributed by atoms with E-state index in [1.807, 2.05) is 0 Å². The van der Waals surface area contributed by atoms with Gasteiger partial charge in [0.25, 0.3) is 0 Å². The van der Waals surface area contributed by atoms with Crippen molar-refractivity contribution in [3.05, 3.63) is 11.7 Å². The Bertz CT molecular complexity index is 311. The van der Waals surface area contributed by atoms with E-state index in [1.54, 1.807) is 14.0 Å². The van der Waals surface area contributed by atoms with Gasteiger partial charge in [0.15, 0.2) is 5.82 Å². The van der Waals surface area contributed by atoms with Gasteiger partial charge < -0.3 is 14.6 Å². The Labute approximate surface area is 81.6 Å². The molecule has 1 heterocycles. The van der Waals surface area contributed by atoms with E-state index in [4.69, 9.17) is 9.26 Å². The molecule has 0 saturated heterocycles. The standard InChI is InChI=1S/C8H13N3O3/c1-5(9-6(2)12)8-10-7(4-13-3)11-14-8/h5H,4H2,1-3H3,(H,9,12). The molecule has 0 fully saturated rings. The second-order valence-electron chi connectivity index (χ2n) is 2.90. The quantitative estimate of drug-likeness (QED) is 0.760. The van der Waals surface area contributed by atoms with E-state index in [0.717, 1.165) is 0 Å². The number of ether oxygens (including phenoxy) is 1. The third kappa shape index (κ3) is 2.81. The first-order valence-electron chi connectivity index (χ1n) is 4.22. The van der Waals surface area contributed by atoms with E-state index >= 15 is 0 Å². The Balaban J connectivity index is 2.61. The molecule has 6 heteroatoms. The molecule has 0 spiro atoms. The molecule has 1 atom stereocenters. The number of nitrogens with one attached hydrogen (secondary N) is 1. The zero-order valence-corrected chi connectivity index (χ0v) is 8.40. The molecule has 0 aliphatic heterocycles. The highest BCUT2D eigenvalue weighted by Crippen LogP contribution is 2.09. The van der Waals surface area contributed by atoms with Crippen LogP contribution in [0, 0.1) is 0 Å². The molecule has 0 aromatic carbocycles. The van der Waals surface area contributed by atoms with Crippen LogP contribution in [-0.4, -0.2) is 23.2 Å². The molecule has 14 heavy (non-hydrogen) atoms. The van der Waals surface area contributed by atoms with Crippen LogP contribution < -0.4 is 5.32 Å². The Kier molecular flexibility index (Phi) is 3.58. The molecular formula is C8H13N3O3. The Morgan fingerprint density at radius 1 is 1.71 bits per heavy atom. The first-order valence-corrected chi connectivity index (χ1v) is 4.22. The van der Waals surface area contributed by atoms with Gasteiger partial charge in [0.05, 0.1) is 0 Å². The zero-order chi connectivity index (χ0) is 10.6. The number of hydrogen-bond acceptors (Lipinski definition) is 5. The maximum absolute atomic E-state index is 10.7. The number of amides is 1. The summed E-state index contributed by atoms with van der Waals surface area (Å²) in [6.45, 7) is 3.50. The van der Waals surface area contributed by atoms with Crippen LogP contribution >= 0.6 is 0 Å². The minimum atomic E-state index is -0.273. The normalized spacial score (nSPS) is 12.5. The van der Waals surface area contributed by atoms with Crippen LogP contribution in [0.5, 0.6) is 0 Å². The van der Waals surface area contributed by atoms with Crippen molar-refractivity contribution in [2.75, 3.05) is 7.11 Å². The molecule has 1 rings (SSSR count). The third-order valence-electron chi connectivity index (χ3n) is 1.55. The van der Waals surface area contributed by atoms with E-state index in [1.165, 1.54) is 6.92 Å². The summed E-state index contributed by atoms with van der Waals surface area (Å²) in [7, 11) is 1.55.